The van der Waals surface area contributed by atoms with E-state index in [4.69, 9.17) is 9.47 Å². The molecule has 220 valence electrons. The molecule has 1 spiro atoms. The normalized spacial score (nSPS) is 33.0. The summed E-state index contributed by atoms with van der Waals surface area (Å²) in [4.78, 5) is 46.0. The largest absolute Gasteiger partial charge is 0.465 e. The second-order valence-corrected chi connectivity index (χ2v) is 12.9. The van der Waals surface area contributed by atoms with Crippen molar-refractivity contribution in [2.45, 2.75) is 109 Å². The lowest BCUT2D eigenvalue weighted by Gasteiger charge is -2.44. The Kier molecular flexibility index (Phi) is 9.43. The highest BCUT2D eigenvalue weighted by Gasteiger charge is 2.81. The molecule has 0 aromatic heterocycles. The van der Waals surface area contributed by atoms with Gasteiger partial charge in [0.05, 0.1) is 30.8 Å². The molecule has 3 saturated heterocycles. The molecular weight excluding hydrogens is 496 g/mol. The van der Waals surface area contributed by atoms with Crippen molar-refractivity contribution in [1.29, 1.82) is 0 Å². The third-order valence-electron chi connectivity index (χ3n) is 9.52. The summed E-state index contributed by atoms with van der Waals surface area (Å²) in [6.07, 6.45) is 7.12. The van der Waals surface area contributed by atoms with Crippen LogP contribution in [-0.4, -0.2) is 81.3 Å². The predicted molar refractivity (Wildman–Crippen MR) is 151 cm³/mol. The van der Waals surface area contributed by atoms with E-state index in [-0.39, 0.29) is 36.9 Å². The molecule has 3 fully saturated rings. The zero-order chi connectivity index (χ0) is 29.3. The van der Waals surface area contributed by atoms with Crippen LogP contribution in [0.25, 0.3) is 0 Å². The van der Waals surface area contributed by atoms with Crippen LogP contribution in [0, 0.1) is 23.7 Å². The van der Waals surface area contributed by atoms with Crippen LogP contribution in [0.1, 0.15) is 80.6 Å². The zero-order valence-corrected chi connectivity index (χ0v) is 25.1. The molecule has 0 aromatic carbocycles. The number of carbonyl (C=O) groups is 3. The van der Waals surface area contributed by atoms with Gasteiger partial charge in [0.1, 0.15) is 17.6 Å². The van der Waals surface area contributed by atoms with Gasteiger partial charge in [0, 0.05) is 12.1 Å². The van der Waals surface area contributed by atoms with E-state index in [1.807, 2.05) is 54.5 Å². The van der Waals surface area contributed by atoms with Crippen LogP contribution in [-0.2, 0) is 23.9 Å². The SMILES string of the molecule is C=CCCCCOC(=O)[C@H]1[C@H]2C(=O)N([C@@H](CO)[C@@H](C)CC)C(C(=O)N(CC=C)C(C)(C)C)C23CC(C)[C@]1(C)O3. The van der Waals surface area contributed by atoms with E-state index in [1.165, 1.54) is 0 Å². The number of amides is 2. The molecule has 3 aliphatic heterocycles. The van der Waals surface area contributed by atoms with Gasteiger partial charge in [0.25, 0.3) is 0 Å². The summed E-state index contributed by atoms with van der Waals surface area (Å²) < 4.78 is 12.6. The van der Waals surface area contributed by atoms with E-state index in [1.54, 1.807) is 15.9 Å². The van der Waals surface area contributed by atoms with Crippen molar-refractivity contribution in [3.63, 3.8) is 0 Å². The van der Waals surface area contributed by atoms with E-state index in [9.17, 15) is 19.5 Å². The third-order valence-corrected chi connectivity index (χ3v) is 9.52. The Labute approximate surface area is 234 Å². The number of unbranched alkanes of at least 4 members (excludes halogenated alkanes) is 2. The van der Waals surface area contributed by atoms with Crippen LogP contribution in [0.2, 0.25) is 0 Å². The number of aliphatic hydroxyl groups is 1. The maximum Gasteiger partial charge on any atom is 0.312 e. The molecule has 0 aromatic rings. The van der Waals surface area contributed by atoms with E-state index in [0.29, 0.717) is 25.8 Å². The molecule has 2 bridgehead atoms. The lowest BCUT2D eigenvalue weighted by molar-refractivity contribution is -0.165. The second-order valence-electron chi connectivity index (χ2n) is 12.9. The first-order valence-electron chi connectivity index (χ1n) is 14.6. The Morgan fingerprint density at radius 3 is 2.49 bits per heavy atom. The van der Waals surface area contributed by atoms with Gasteiger partial charge in [0.15, 0.2) is 0 Å². The van der Waals surface area contributed by atoms with Gasteiger partial charge in [-0.3, -0.25) is 14.4 Å². The monoisotopic (exact) mass is 546 g/mol. The lowest BCUT2D eigenvalue weighted by atomic mass is 9.62. The summed E-state index contributed by atoms with van der Waals surface area (Å²) in [6.45, 7) is 21.6. The van der Waals surface area contributed by atoms with Crippen LogP contribution in [0.4, 0.5) is 0 Å². The number of esters is 1. The molecule has 3 rings (SSSR count). The van der Waals surface area contributed by atoms with E-state index < -0.39 is 46.6 Å². The van der Waals surface area contributed by atoms with Crippen LogP contribution < -0.4 is 0 Å². The van der Waals surface area contributed by atoms with Crippen molar-refractivity contribution in [3.05, 3.63) is 25.3 Å². The first-order valence-corrected chi connectivity index (χ1v) is 14.6. The van der Waals surface area contributed by atoms with Crippen molar-refractivity contribution >= 4 is 17.8 Å². The van der Waals surface area contributed by atoms with Gasteiger partial charge in [-0.25, -0.2) is 0 Å². The molecule has 8 heteroatoms. The molecular formula is C31H50N2O6. The van der Waals surface area contributed by atoms with Crippen molar-refractivity contribution in [2.75, 3.05) is 19.8 Å². The highest BCUT2D eigenvalue weighted by atomic mass is 16.6. The van der Waals surface area contributed by atoms with Gasteiger partial charge in [-0.05, 0) is 65.2 Å². The summed E-state index contributed by atoms with van der Waals surface area (Å²) in [6, 6.07) is -1.54. The second kappa shape index (κ2) is 11.7. The minimum absolute atomic E-state index is 0.0626. The number of carbonyl (C=O) groups excluding carboxylic acids is 3. The number of nitrogens with zero attached hydrogens (tertiary/aromatic N) is 2. The fourth-order valence-corrected chi connectivity index (χ4v) is 7.11. The smallest absolute Gasteiger partial charge is 0.312 e. The number of fused-ring (bicyclic) bond motifs is 1. The van der Waals surface area contributed by atoms with Crippen LogP contribution in [0.15, 0.2) is 25.3 Å². The molecule has 8 nitrogen and oxygen atoms in total. The van der Waals surface area contributed by atoms with Gasteiger partial charge in [-0.15, -0.1) is 13.2 Å². The minimum Gasteiger partial charge on any atom is -0.465 e. The molecule has 2 amide bonds. The summed E-state index contributed by atoms with van der Waals surface area (Å²) in [5.74, 6) is -2.80. The highest BCUT2D eigenvalue weighted by Crippen LogP contribution is 2.66. The van der Waals surface area contributed by atoms with Crippen molar-refractivity contribution in [2.24, 2.45) is 23.7 Å². The maximum absolute atomic E-state index is 14.6. The van der Waals surface area contributed by atoms with Gasteiger partial charge < -0.3 is 24.4 Å². The standard InChI is InChI=1S/C31H50N2O6/c1-10-13-14-15-17-38-28(37)24-23-26(35)33(22(19-34)20(4)12-3)25(27(36)32(16-11-2)29(6,7)8)31(23)18-21(5)30(24,9)39-31/h10-11,20-25,34H,1-2,12-19H2,3-9H3/t20-,21?,22-,23-,24+,25?,30-,31?/m0/s1. The fourth-order valence-electron chi connectivity index (χ4n) is 7.11. The Bertz CT molecular complexity index is 959. The molecule has 3 aliphatic rings. The van der Waals surface area contributed by atoms with Crippen LogP contribution in [0.5, 0.6) is 0 Å². The molecule has 1 N–H and O–H groups in total. The summed E-state index contributed by atoms with van der Waals surface area (Å²) >= 11 is 0. The average molecular weight is 547 g/mol. The van der Waals surface area contributed by atoms with Crippen molar-refractivity contribution < 1.29 is 29.0 Å². The Morgan fingerprint density at radius 1 is 1.28 bits per heavy atom. The lowest BCUT2D eigenvalue weighted by Crippen LogP contribution is -2.62. The Morgan fingerprint density at radius 2 is 1.95 bits per heavy atom. The zero-order valence-electron chi connectivity index (χ0n) is 25.1. The fraction of sp³-hybridized carbons (Fsp3) is 0.774. The Balaban J connectivity index is 2.11. The third kappa shape index (κ3) is 5.19. The Hall–Kier alpha value is -2.19. The first-order chi connectivity index (χ1) is 18.3. The molecule has 0 aliphatic carbocycles. The first kappa shape index (κ1) is 31.3. The molecule has 0 saturated carbocycles. The number of aliphatic hydroxyl groups excluding tert-OH is 1. The molecule has 39 heavy (non-hydrogen) atoms. The summed E-state index contributed by atoms with van der Waals surface area (Å²) in [7, 11) is 0. The molecule has 3 heterocycles. The van der Waals surface area contributed by atoms with Crippen LogP contribution >= 0.6 is 0 Å². The number of hydrogen-bond acceptors (Lipinski definition) is 6. The van der Waals surface area contributed by atoms with Crippen LogP contribution in [0.3, 0.4) is 0 Å². The number of ether oxygens (including phenoxy) is 2. The van der Waals surface area contributed by atoms with Gasteiger partial charge >= 0.3 is 5.97 Å². The topological polar surface area (TPSA) is 96.4 Å². The number of likely N-dealkylation sites (tertiary alicyclic amines) is 1. The summed E-state index contributed by atoms with van der Waals surface area (Å²) in [5.41, 5.74) is -2.66. The van der Waals surface area contributed by atoms with Gasteiger partial charge in [-0.2, -0.15) is 0 Å². The summed E-state index contributed by atoms with van der Waals surface area (Å²) in [5, 5.41) is 10.5. The highest BCUT2D eigenvalue weighted by molar-refractivity contribution is 5.99. The molecule has 3 unspecified atom stereocenters. The number of allylic oxidation sites excluding steroid dienone is 1. The van der Waals surface area contributed by atoms with Crippen molar-refractivity contribution in [3.8, 4) is 0 Å². The van der Waals surface area contributed by atoms with E-state index >= 15 is 0 Å². The van der Waals surface area contributed by atoms with Crippen molar-refractivity contribution in [1.82, 2.24) is 9.80 Å². The average Bonchev–Trinajstić information content (AvgIpc) is 3.38. The molecule has 0 radical (unpaired) electrons. The maximum atomic E-state index is 14.6. The molecule has 8 atom stereocenters. The van der Waals surface area contributed by atoms with E-state index in [2.05, 4.69) is 13.2 Å². The van der Waals surface area contributed by atoms with Gasteiger partial charge in [-0.1, -0.05) is 39.3 Å². The van der Waals surface area contributed by atoms with E-state index in [0.717, 1.165) is 12.8 Å². The minimum atomic E-state index is -1.18. The number of rotatable bonds is 13. The van der Waals surface area contributed by atoms with Gasteiger partial charge in [0.2, 0.25) is 11.8 Å². The number of hydrogen-bond donors (Lipinski definition) is 1. The quantitative estimate of drug-likeness (QED) is 0.212. The predicted octanol–water partition coefficient (Wildman–Crippen LogP) is 4.12.